The van der Waals surface area contributed by atoms with Gasteiger partial charge in [0.1, 0.15) is 11.6 Å². The Morgan fingerprint density at radius 3 is 2.83 bits per heavy atom. The van der Waals surface area contributed by atoms with E-state index in [4.69, 9.17) is 4.74 Å². The second-order valence-electron chi connectivity index (χ2n) is 6.92. The Balaban J connectivity index is 1.55. The zero-order valence-corrected chi connectivity index (χ0v) is 16.3. The predicted octanol–water partition coefficient (Wildman–Crippen LogP) is 3.49. The number of piperazine rings is 1. The summed E-state index contributed by atoms with van der Waals surface area (Å²) in [5.74, 6) is 1.22. The number of hydrogen-bond donors (Lipinski definition) is 2. The first-order chi connectivity index (χ1) is 14.2. The maximum Gasteiger partial charge on any atom is 0.259 e. The molecule has 0 saturated carbocycles. The number of hydrogen-bond acceptors (Lipinski definition) is 5. The number of rotatable bonds is 5. The van der Waals surface area contributed by atoms with Crippen molar-refractivity contribution >= 4 is 17.4 Å². The monoisotopic (exact) mass is 388 g/mol. The lowest BCUT2D eigenvalue weighted by Gasteiger charge is -2.35. The predicted molar refractivity (Wildman–Crippen MR) is 115 cm³/mol. The molecule has 2 N–H and O–H groups in total. The van der Waals surface area contributed by atoms with E-state index in [1.165, 1.54) is 5.56 Å². The number of nitrogens with one attached hydrogen (secondary N) is 2. The Labute approximate surface area is 170 Å². The van der Waals surface area contributed by atoms with Crippen LogP contribution in [0, 0.1) is 0 Å². The number of anilines is 2. The molecule has 3 aromatic rings. The van der Waals surface area contributed by atoms with Crippen LogP contribution in [0.4, 0.5) is 11.5 Å². The lowest BCUT2D eigenvalue weighted by Crippen LogP contribution is -2.46. The molecule has 1 fully saturated rings. The maximum atomic E-state index is 13.0. The van der Waals surface area contributed by atoms with Gasteiger partial charge >= 0.3 is 0 Å². The minimum absolute atomic E-state index is 0.184. The van der Waals surface area contributed by atoms with Crippen molar-refractivity contribution in [2.45, 2.75) is 6.04 Å². The van der Waals surface area contributed by atoms with Crippen molar-refractivity contribution < 1.29 is 9.53 Å². The Bertz CT molecular complexity index is 977. The number of carbonyl (C=O) groups is 1. The van der Waals surface area contributed by atoms with E-state index in [2.05, 4.69) is 32.7 Å². The maximum absolute atomic E-state index is 13.0. The van der Waals surface area contributed by atoms with Crippen LogP contribution < -0.4 is 20.3 Å². The van der Waals surface area contributed by atoms with Crippen molar-refractivity contribution in [3.05, 3.63) is 84.1 Å². The molecule has 4 rings (SSSR count). The highest BCUT2D eigenvalue weighted by Gasteiger charge is 2.25. The molecule has 6 heteroatoms. The molecule has 1 saturated heterocycles. The summed E-state index contributed by atoms with van der Waals surface area (Å²) in [6, 6.07) is 21.5. The molecule has 2 aromatic carbocycles. The highest BCUT2D eigenvalue weighted by atomic mass is 16.5. The van der Waals surface area contributed by atoms with Crippen LogP contribution in [0.3, 0.4) is 0 Å². The lowest BCUT2D eigenvalue weighted by atomic mass is 10.0. The summed E-state index contributed by atoms with van der Waals surface area (Å²) in [4.78, 5) is 19.7. The second kappa shape index (κ2) is 8.75. The summed E-state index contributed by atoms with van der Waals surface area (Å²) in [7, 11) is 1.60. The number of carbonyl (C=O) groups excluding carboxylic acids is 1. The van der Waals surface area contributed by atoms with Crippen molar-refractivity contribution in [3.8, 4) is 5.75 Å². The Kier molecular flexibility index (Phi) is 5.72. The highest BCUT2D eigenvalue weighted by Crippen LogP contribution is 2.25. The normalized spacial score (nSPS) is 16.3. The Morgan fingerprint density at radius 2 is 2.00 bits per heavy atom. The number of nitrogens with zero attached hydrogens (tertiary/aromatic N) is 2. The van der Waals surface area contributed by atoms with Crippen molar-refractivity contribution in [1.29, 1.82) is 0 Å². The van der Waals surface area contributed by atoms with E-state index in [1.807, 2.05) is 42.5 Å². The van der Waals surface area contributed by atoms with Crippen LogP contribution in [-0.2, 0) is 0 Å². The van der Waals surface area contributed by atoms with Gasteiger partial charge in [-0.2, -0.15) is 0 Å². The molecule has 0 unspecified atom stereocenters. The molecule has 0 aliphatic carbocycles. The van der Waals surface area contributed by atoms with Crippen molar-refractivity contribution in [2.24, 2.45) is 0 Å². The number of aromatic nitrogens is 1. The molecule has 1 aromatic heterocycles. The Hall–Kier alpha value is -3.38. The first-order valence-corrected chi connectivity index (χ1v) is 9.68. The van der Waals surface area contributed by atoms with Crippen molar-refractivity contribution in [2.75, 3.05) is 37.0 Å². The van der Waals surface area contributed by atoms with E-state index in [-0.39, 0.29) is 11.9 Å². The zero-order chi connectivity index (χ0) is 20.1. The molecule has 29 heavy (non-hydrogen) atoms. The average molecular weight is 388 g/mol. The summed E-state index contributed by atoms with van der Waals surface area (Å²) in [5, 5.41) is 6.51. The number of ether oxygens (including phenoxy) is 1. The van der Waals surface area contributed by atoms with E-state index < -0.39 is 0 Å². The van der Waals surface area contributed by atoms with Crippen LogP contribution >= 0.6 is 0 Å². The molecule has 1 aliphatic rings. The summed E-state index contributed by atoms with van der Waals surface area (Å²) in [6.45, 7) is 2.37. The van der Waals surface area contributed by atoms with Gasteiger partial charge in [-0.15, -0.1) is 0 Å². The average Bonchev–Trinajstić information content (AvgIpc) is 2.80. The van der Waals surface area contributed by atoms with E-state index in [9.17, 15) is 4.79 Å². The van der Waals surface area contributed by atoms with Gasteiger partial charge in [-0.3, -0.25) is 4.79 Å². The van der Waals surface area contributed by atoms with Gasteiger partial charge in [-0.25, -0.2) is 4.98 Å². The summed E-state index contributed by atoms with van der Waals surface area (Å²) >= 11 is 0. The van der Waals surface area contributed by atoms with Crippen LogP contribution in [-0.4, -0.2) is 37.6 Å². The van der Waals surface area contributed by atoms with Crippen LogP contribution in [0.2, 0.25) is 0 Å². The lowest BCUT2D eigenvalue weighted by molar-refractivity contribution is 0.102. The van der Waals surface area contributed by atoms with Gasteiger partial charge in [0.25, 0.3) is 5.91 Å². The van der Waals surface area contributed by atoms with Gasteiger partial charge in [0.05, 0.1) is 12.7 Å². The summed E-state index contributed by atoms with van der Waals surface area (Å²) in [5.41, 5.74) is 2.48. The van der Waals surface area contributed by atoms with E-state index in [1.54, 1.807) is 25.4 Å². The highest BCUT2D eigenvalue weighted by molar-refractivity contribution is 6.07. The first kappa shape index (κ1) is 19.0. The van der Waals surface area contributed by atoms with Crippen molar-refractivity contribution in [3.63, 3.8) is 0 Å². The van der Waals surface area contributed by atoms with Gasteiger partial charge in [-0.05, 0) is 29.8 Å². The number of benzene rings is 2. The zero-order valence-electron chi connectivity index (χ0n) is 16.3. The minimum atomic E-state index is -0.184. The first-order valence-electron chi connectivity index (χ1n) is 9.68. The van der Waals surface area contributed by atoms with Crippen LogP contribution in [0.15, 0.2) is 72.9 Å². The minimum Gasteiger partial charge on any atom is -0.497 e. The topological polar surface area (TPSA) is 66.5 Å². The molecule has 1 atom stereocenters. The van der Waals surface area contributed by atoms with Crippen LogP contribution in [0.1, 0.15) is 22.0 Å². The van der Waals surface area contributed by atoms with Gasteiger partial charge in [0, 0.05) is 43.6 Å². The van der Waals surface area contributed by atoms with Crippen molar-refractivity contribution in [1.82, 2.24) is 10.3 Å². The SMILES string of the molecule is COc1cccc(NC(=O)c2cccnc2N2CCN[C@H](c3ccccc3)C2)c1. The fourth-order valence-corrected chi connectivity index (χ4v) is 3.58. The van der Waals surface area contributed by atoms with E-state index >= 15 is 0 Å². The molecule has 6 nitrogen and oxygen atoms in total. The van der Waals surface area contributed by atoms with E-state index in [0.717, 1.165) is 19.6 Å². The fraction of sp³-hybridized carbons (Fsp3) is 0.217. The van der Waals surface area contributed by atoms with Crippen LogP contribution in [0.25, 0.3) is 0 Å². The van der Waals surface area contributed by atoms with Crippen LogP contribution in [0.5, 0.6) is 5.75 Å². The van der Waals surface area contributed by atoms with Gasteiger partial charge in [0.15, 0.2) is 0 Å². The second-order valence-corrected chi connectivity index (χ2v) is 6.92. The third-order valence-electron chi connectivity index (χ3n) is 5.04. The molecule has 148 valence electrons. The number of methoxy groups -OCH3 is 1. The number of amides is 1. The molecule has 2 heterocycles. The molecule has 1 aliphatic heterocycles. The third-order valence-corrected chi connectivity index (χ3v) is 5.04. The Morgan fingerprint density at radius 1 is 1.14 bits per heavy atom. The molecule has 0 spiro atoms. The fourth-order valence-electron chi connectivity index (χ4n) is 3.58. The van der Waals surface area contributed by atoms with Gasteiger partial charge in [-0.1, -0.05) is 36.4 Å². The molecular formula is C23H24N4O2. The van der Waals surface area contributed by atoms with Gasteiger partial charge < -0.3 is 20.3 Å². The standard InChI is InChI=1S/C23H24N4O2/c1-29-19-10-5-9-18(15-19)26-23(28)20-11-6-12-25-22(20)27-14-13-24-21(16-27)17-7-3-2-4-8-17/h2-12,15,21,24H,13-14,16H2,1H3,(H,26,28)/t21-/m0/s1. The molecule has 0 bridgehead atoms. The largest absolute Gasteiger partial charge is 0.497 e. The molecule has 0 radical (unpaired) electrons. The quantitative estimate of drug-likeness (QED) is 0.700. The smallest absolute Gasteiger partial charge is 0.259 e. The summed E-state index contributed by atoms with van der Waals surface area (Å²) < 4.78 is 5.24. The summed E-state index contributed by atoms with van der Waals surface area (Å²) in [6.07, 6.45) is 1.73. The molecule has 1 amide bonds. The van der Waals surface area contributed by atoms with Gasteiger partial charge in [0.2, 0.25) is 0 Å². The molecular weight excluding hydrogens is 364 g/mol. The third kappa shape index (κ3) is 4.38. The number of pyridine rings is 1. The van der Waals surface area contributed by atoms with E-state index in [0.29, 0.717) is 22.8 Å².